The molecular formula is C20H16F3N3O2S. The number of alkyl halides is 3. The van der Waals surface area contributed by atoms with Gasteiger partial charge >= 0.3 is 6.18 Å². The van der Waals surface area contributed by atoms with E-state index in [1.165, 1.54) is 22.4 Å². The molecule has 29 heavy (non-hydrogen) atoms. The first kappa shape index (κ1) is 20.5. The average Bonchev–Trinajstić information content (AvgIpc) is 3.17. The van der Waals surface area contributed by atoms with E-state index in [1.54, 1.807) is 31.3 Å². The molecule has 0 aliphatic heterocycles. The summed E-state index contributed by atoms with van der Waals surface area (Å²) >= 11 is 1.09. The van der Waals surface area contributed by atoms with Crippen LogP contribution >= 0.6 is 11.3 Å². The number of halogens is 3. The Hall–Kier alpha value is -3.20. The third kappa shape index (κ3) is 4.80. The van der Waals surface area contributed by atoms with Gasteiger partial charge in [0.2, 0.25) is 5.91 Å². The van der Waals surface area contributed by atoms with Gasteiger partial charge in [0.25, 0.3) is 5.91 Å². The second-order valence-electron chi connectivity index (χ2n) is 6.34. The van der Waals surface area contributed by atoms with Crippen molar-refractivity contribution in [3.05, 3.63) is 76.3 Å². The summed E-state index contributed by atoms with van der Waals surface area (Å²) in [5.74, 6) is -0.949. The number of primary amides is 1. The third-order valence-corrected chi connectivity index (χ3v) is 5.03. The maximum atomic E-state index is 12.9. The molecule has 0 saturated heterocycles. The number of aromatic nitrogens is 1. The van der Waals surface area contributed by atoms with Gasteiger partial charge in [0, 0.05) is 30.1 Å². The molecule has 0 saturated carbocycles. The van der Waals surface area contributed by atoms with E-state index in [1.807, 2.05) is 0 Å². The summed E-state index contributed by atoms with van der Waals surface area (Å²) in [4.78, 5) is 29.5. The normalized spacial score (nSPS) is 11.3. The topological polar surface area (TPSA) is 76.3 Å². The van der Waals surface area contributed by atoms with Crippen molar-refractivity contribution < 1.29 is 22.8 Å². The number of hydrogen-bond donors (Lipinski definition) is 1. The van der Waals surface area contributed by atoms with Crippen LogP contribution in [0.15, 0.2) is 53.9 Å². The molecule has 0 unspecified atom stereocenters. The van der Waals surface area contributed by atoms with Crippen LogP contribution in [0.3, 0.4) is 0 Å². The Morgan fingerprint density at radius 3 is 2.55 bits per heavy atom. The molecule has 3 aromatic rings. The Kier molecular flexibility index (Phi) is 5.69. The van der Waals surface area contributed by atoms with Gasteiger partial charge in [-0.15, -0.1) is 11.3 Å². The molecule has 0 spiro atoms. The zero-order chi connectivity index (χ0) is 21.2. The van der Waals surface area contributed by atoms with Crippen LogP contribution in [0.4, 0.5) is 13.2 Å². The fourth-order valence-electron chi connectivity index (χ4n) is 2.70. The van der Waals surface area contributed by atoms with Crippen molar-refractivity contribution >= 4 is 23.2 Å². The minimum absolute atomic E-state index is 0.135. The molecule has 2 aromatic carbocycles. The first-order valence-electron chi connectivity index (χ1n) is 8.42. The van der Waals surface area contributed by atoms with Crippen molar-refractivity contribution in [1.82, 2.24) is 9.88 Å². The predicted molar refractivity (Wildman–Crippen MR) is 103 cm³/mol. The lowest BCUT2D eigenvalue weighted by atomic mass is 10.1. The molecule has 3 rings (SSSR count). The molecular weight excluding hydrogens is 403 g/mol. The number of nitrogens with two attached hydrogens (primary N) is 1. The minimum atomic E-state index is -4.45. The lowest BCUT2D eigenvalue weighted by Gasteiger charge is -2.16. The van der Waals surface area contributed by atoms with Gasteiger partial charge in [0.15, 0.2) is 0 Å². The van der Waals surface area contributed by atoms with Crippen molar-refractivity contribution in [2.45, 2.75) is 12.7 Å². The lowest BCUT2D eigenvalue weighted by Crippen LogP contribution is -2.26. The first-order valence-corrected chi connectivity index (χ1v) is 9.30. The Balaban J connectivity index is 1.77. The van der Waals surface area contributed by atoms with E-state index in [-0.39, 0.29) is 18.1 Å². The Bertz CT molecular complexity index is 1060. The van der Waals surface area contributed by atoms with Crippen LogP contribution in [0.2, 0.25) is 0 Å². The number of carbonyl (C=O) groups excluding carboxylic acids is 2. The van der Waals surface area contributed by atoms with E-state index in [9.17, 15) is 22.8 Å². The number of rotatable bonds is 5. The highest BCUT2D eigenvalue weighted by Gasteiger charge is 2.30. The smallest absolute Gasteiger partial charge is 0.366 e. The predicted octanol–water partition coefficient (Wildman–Crippen LogP) is 4.20. The Morgan fingerprint density at radius 1 is 1.14 bits per heavy atom. The lowest BCUT2D eigenvalue weighted by molar-refractivity contribution is -0.137. The molecule has 0 radical (unpaired) electrons. The standard InChI is InChI=1S/C20H16F3N3O2S/c1-26(10-12-4-2-5-13(8-12)17(24)27)19(28)16-11-29-18(25-16)14-6-3-7-15(9-14)20(21,22)23/h2-9,11H,10H2,1H3,(H2,24,27). The molecule has 0 atom stereocenters. The highest BCUT2D eigenvalue weighted by molar-refractivity contribution is 7.13. The number of hydrogen-bond acceptors (Lipinski definition) is 4. The molecule has 150 valence electrons. The van der Waals surface area contributed by atoms with Crippen molar-refractivity contribution in [2.75, 3.05) is 7.05 Å². The van der Waals surface area contributed by atoms with Gasteiger partial charge in [-0.25, -0.2) is 4.98 Å². The fourth-order valence-corrected chi connectivity index (χ4v) is 3.49. The van der Waals surface area contributed by atoms with Gasteiger partial charge < -0.3 is 10.6 Å². The molecule has 1 aromatic heterocycles. The highest BCUT2D eigenvalue weighted by atomic mass is 32.1. The highest BCUT2D eigenvalue weighted by Crippen LogP contribution is 2.33. The maximum absolute atomic E-state index is 12.9. The number of amides is 2. The molecule has 0 aliphatic carbocycles. The molecule has 0 bridgehead atoms. The number of thiazole rings is 1. The minimum Gasteiger partial charge on any atom is -0.366 e. The summed E-state index contributed by atoms with van der Waals surface area (Å²) in [6.07, 6.45) is -4.45. The third-order valence-electron chi connectivity index (χ3n) is 4.14. The van der Waals surface area contributed by atoms with Gasteiger partial charge in [0.1, 0.15) is 10.7 Å². The Morgan fingerprint density at radius 2 is 1.86 bits per heavy atom. The van der Waals surface area contributed by atoms with Gasteiger partial charge in [0.05, 0.1) is 5.56 Å². The maximum Gasteiger partial charge on any atom is 0.416 e. The van der Waals surface area contributed by atoms with Crippen molar-refractivity contribution in [3.8, 4) is 10.6 Å². The molecule has 9 heteroatoms. The second kappa shape index (κ2) is 8.04. The quantitative estimate of drug-likeness (QED) is 0.673. The van der Waals surface area contributed by atoms with E-state index < -0.39 is 17.6 Å². The fraction of sp³-hybridized carbons (Fsp3) is 0.150. The van der Waals surface area contributed by atoms with Crippen LogP contribution in [-0.4, -0.2) is 28.7 Å². The van der Waals surface area contributed by atoms with Gasteiger partial charge in [-0.2, -0.15) is 13.2 Å². The molecule has 0 fully saturated rings. The van der Waals surface area contributed by atoms with E-state index >= 15 is 0 Å². The molecule has 0 aliphatic rings. The van der Waals surface area contributed by atoms with Gasteiger partial charge in [-0.05, 0) is 29.8 Å². The first-order chi connectivity index (χ1) is 13.6. The van der Waals surface area contributed by atoms with Crippen LogP contribution in [0.1, 0.15) is 32.0 Å². The van der Waals surface area contributed by atoms with E-state index in [4.69, 9.17) is 5.73 Å². The summed E-state index contributed by atoms with van der Waals surface area (Å²) in [5, 5.41) is 1.83. The van der Waals surface area contributed by atoms with Gasteiger partial charge in [-0.1, -0.05) is 24.3 Å². The average molecular weight is 419 g/mol. The summed E-state index contributed by atoms with van der Waals surface area (Å²) in [7, 11) is 1.57. The molecule has 2 N–H and O–H groups in total. The van der Waals surface area contributed by atoms with Crippen LogP contribution < -0.4 is 5.73 Å². The monoisotopic (exact) mass is 419 g/mol. The molecule has 5 nitrogen and oxygen atoms in total. The van der Waals surface area contributed by atoms with Crippen molar-refractivity contribution in [2.24, 2.45) is 5.73 Å². The van der Waals surface area contributed by atoms with E-state index in [2.05, 4.69) is 4.98 Å². The van der Waals surface area contributed by atoms with Crippen LogP contribution in [0.5, 0.6) is 0 Å². The summed E-state index contributed by atoms with van der Waals surface area (Å²) in [6.45, 7) is 0.219. The summed E-state index contributed by atoms with van der Waals surface area (Å²) in [6, 6.07) is 11.4. The number of carbonyl (C=O) groups is 2. The second-order valence-corrected chi connectivity index (χ2v) is 7.20. The Labute approximate surface area is 168 Å². The summed E-state index contributed by atoms with van der Waals surface area (Å²) < 4.78 is 38.7. The SMILES string of the molecule is CN(Cc1cccc(C(N)=O)c1)C(=O)c1csc(-c2cccc(C(F)(F)F)c2)n1. The molecule has 2 amide bonds. The number of nitrogens with zero attached hydrogens (tertiary/aromatic N) is 2. The van der Waals surface area contributed by atoms with Crippen molar-refractivity contribution in [3.63, 3.8) is 0 Å². The van der Waals surface area contributed by atoms with E-state index in [0.29, 0.717) is 21.7 Å². The van der Waals surface area contributed by atoms with Crippen molar-refractivity contribution in [1.29, 1.82) is 0 Å². The van der Waals surface area contributed by atoms with Crippen LogP contribution in [0, 0.1) is 0 Å². The van der Waals surface area contributed by atoms with E-state index in [0.717, 1.165) is 23.5 Å². The van der Waals surface area contributed by atoms with Crippen LogP contribution in [-0.2, 0) is 12.7 Å². The van der Waals surface area contributed by atoms with Crippen LogP contribution in [0.25, 0.3) is 10.6 Å². The van der Waals surface area contributed by atoms with Gasteiger partial charge in [-0.3, -0.25) is 9.59 Å². The zero-order valence-corrected chi connectivity index (χ0v) is 16.1. The largest absolute Gasteiger partial charge is 0.416 e. The summed E-state index contributed by atoms with van der Waals surface area (Å²) in [5.41, 5.74) is 5.97. The number of benzene rings is 2. The molecule has 1 heterocycles. The zero-order valence-electron chi connectivity index (χ0n) is 15.2.